The van der Waals surface area contributed by atoms with Crippen LogP contribution in [0.3, 0.4) is 0 Å². The number of aromatic nitrogens is 1. The molecule has 3 heterocycles. The number of aromatic carboxylic acids is 1. The lowest BCUT2D eigenvalue weighted by molar-refractivity contribution is -0.143. The number of hydrogen-bond donors (Lipinski definition) is 1. The quantitative estimate of drug-likeness (QED) is 0.234. The Hall–Kier alpha value is -4.15. The lowest BCUT2D eigenvalue weighted by atomic mass is 9.96. The van der Waals surface area contributed by atoms with Gasteiger partial charge in [-0.05, 0) is 75.4 Å². The second kappa shape index (κ2) is 11.4. The Morgan fingerprint density at radius 1 is 1.12 bits per heavy atom. The molecule has 2 aromatic carbocycles. The molecule has 8 nitrogen and oxygen atoms in total. The molecule has 1 aliphatic heterocycles. The fraction of sp³-hybridized carbons (Fsp3) is 0.226. The van der Waals surface area contributed by atoms with Gasteiger partial charge in [0.25, 0.3) is 5.56 Å². The highest BCUT2D eigenvalue weighted by Gasteiger charge is 2.33. The number of thioether (sulfide) groups is 1. The molecule has 0 spiro atoms. The average Bonchev–Trinajstić information content (AvgIpc) is 3.51. The van der Waals surface area contributed by atoms with E-state index in [4.69, 9.17) is 9.15 Å². The van der Waals surface area contributed by atoms with Gasteiger partial charge >= 0.3 is 11.9 Å². The van der Waals surface area contributed by atoms with Gasteiger partial charge in [0, 0.05) is 16.5 Å². The zero-order valence-electron chi connectivity index (χ0n) is 23.1. The molecular weight excluding hydrogens is 560 g/mol. The highest BCUT2D eigenvalue weighted by Crippen LogP contribution is 2.32. The lowest BCUT2D eigenvalue weighted by Crippen LogP contribution is -2.40. The first-order valence-electron chi connectivity index (χ1n) is 12.9. The van der Waals surface area contributed by atoms with Crippen LogP contribution in [0.1, 0.15) is 54.1 Å². The van der Waals surface area contributed by atoms with Crippen LogP contribution in [0.25, 0.3) is 17.4 Å². The van der Waals surface area contributed by atoms with E-state index < -0.39 is 18.0 Å². The second-order valence-corrected chi connectivity index (χ2v) is 11.7. The van der Waals surface area contributed by atoms with E-state index in [1.807, 2.05) is 30.5 Å². The van der Waals surface area contributed by atoms with Crippen molar-refractivity contribution in [1.82, 2.24) is 4.57 Å². The predicted octanol–water partition coefficient (Wildman–Crippen LogP) is 5.18. The van der Waals surface area contributed by atoms with Crippen LogP contribution in [0, 0.1) is 6.92 Å². The van der Waals surface area contributed by atoms with Crippen LogP contribution >= 0.6 is 23.1 Å². The van der Waals surface area contributed by atoms with Crippen molar-refractivity contribution in [2.24, 2.45) is 4.99 Å². The Balaban J connectivity index is 1.62. The summed E-state index contributed by atoms with van der Waals surface area (Å²) in [6.07, 6.45) is 3.29. The molecule has 0 aliphatic carbocycles. The number of furan rings is 1. The van der Waals surface area contributed by atoms with Crippen molar-refractivity contribution in [3.05, 3.63) is 108 Å². The summed E-state index contributed by atoms with van der Waals surface area (Å²) in [6.45, 7) is 7.04. The number of rotatable bonds is 7. The average molecular weight is 589 g/mol. The number of carboxylic acid groups (broad SMARTS) is 1. The van der Waals surface area contributed by atoms with Gasteiger partial charge in [-0.2, -0.15) is 0 Å². The molecule has 0 bridgehead atoms. The lowest BCUT2D eigenvalue weighted by Gasteiger charge is -2.25. The van der Waals surface area contributed by atoms with Crippen molar-refractivity contribution in [2.75, 3.05) is 6.26 Å². The standard InChI is InChI=1S/C31H28N2O6S2/c1-16(2)38-30(37)26-18(4)32-31-33(27(26)19-9-12-21(40-5)13-10-19)28(34)25(41-31)15-20-11-14-24(39-20)22-7-6-8-23(17(22)3)29(35)36/h6-16,27H,1-5H3,(H,35,36)/b25-15+/t27-/m0/s1. The molecule has 0 saturated heterocycles. The number of ether oxygens (including phenoxy) is 1. The smallest absolute Gasteiger partial charge is 0.338 e. The molecule has 2 aromatic heterocycles. The molecule has 1 aliphatic rings. The Labute approximate surface area is 244 Å². The topological polar surface area (TPSA) is 111 Å². The number of thiazole rings is 1. The number of esters is 1. The van der Waals surface area contributed by atoms with E-state index >= 15 is 0 Å². The number of carboxylic acids is 1. The van der Waals surface area contributed by atoms with Crippen LogP contribution < -0.4 is 14.9 Å². The summed E-state index contributed by atoms with van der Waals surface area (Å²) in [6, 6.07) is 15.5. The van der Waals surface area contributed by atoms with Gasteiger partial charge in [-0.1, -0.05) is 35.6 Å². The van der Waals surface area contributed by atoms with Gasteiger partial charge in [-0.25, -0.2) is 14.6 Å². The Bertz CT molecular complexity index is 1880. The van der Waals surface area contributed by atoms with Gasteiger partial charge in [0.1, 0.15) is 11.5 Å². The summed E-state index contributed by atoms with van der Waals surface area (Å²) in [5.74, 6) is -0.599. The summed E-state index contributed by atoms with van der Waals surface area (Å²) >= 11 is 2.81. The number of carbonyl (C=O) groups is 2. The van der Waals surface area contributed by atoms with Crippen LogP contribution in [-0.4, -0.2) is 34.0 Å². The van der Waals surface area contributed by atoms with E-state index in [0.717, 1.165) is 10.5 Å². The first kappa shape index (κ1) is 28.4. The third kappa shape index (κ3) is 5.45. The van der Waals surface area contributed by atoms with Crippen molar-refractivity contribution in [3.8, 4) is 11.3 Å². The van der Waals surface area contributed by atoms with Crippen LogP contribution in [0.2, 0.25) is 0 Å². The Kier molecular flexibility index (Phi) is 7.88. The van der Waals surface area contributed by atoms with Gasteiger partial charge in [0.05, 0.1) is 33.5 Å². The Morgan fingerprint density at radius 3 is 2.51 bits per heavy atom. The van der Waals surface area contributed by atoms with Gasteiger partial charge < -0.3 is 14.3 Å². The Morgan fingerprint density at radius 2 is 1.85 bits per heavy atom. The molecule has 0 unspecified atom stereocenters. The van der Waals surface area contributed by atoms with Crippen molar-refractivity contribution in [3.63, 3.8) is 0 Å². The van der Waals surface area contributed by atoms with Gasteiger partial charge in [0.15, 0.2) is 4.80 Å². The van der Waals surface area contributed by atoms with Gasteiger partial charge in [0.2, 0.25) is 0 Å². The molecular formula is C31H28N2O6S2. The molecule has 4 aromatic rings. The van der Waals surface area contributed by atoms with E-state index in [9.17, 15) is 19.5 Å². The fourth-order valence-electron chi connectivity index (χ4n) is 4.80. The van der Waals surface area contributed by atoms with E-state index in [1.54, 1.807) is 80.4 Å². The SMILES string of the molecule is CSc1ccc([C@H]2C(C(=O)OC(C)C)=C(C)N=c3s/c(=C/c4ccc(-c5cccc(C(=O)O)c5C)o4)c(=O)n32)cc1. The number of hydrogen-bond acceptors (Lipinski definition) is 8. The molecule has 41 heavy (non-hydrogen) atoms. The minimum atomic E-state index is -1.01. The van der Waals surface area contributed by atoms with E-state index in [0.29, 0.717) is 43.3 Å². The first-order chi connectivity index (χ1) is 19.6. The molecule has 1 atom stereocenters. The summed E-state index contributed by atoms with van der Waals surface area (Å²) in [7, 11) is 0. The maximum atomic E-state index is 13.9. The van der Waals surface area contributed by atoms with E-state index in [1.165, 1.54) is 11.3 Å². The van der Waals surface area contributed by atoms with Crippen LogP contribution in [0.4, 0.5) is 0 Å². The van der Waals surface area contributed by atoms with Crippen LogP contribution in [-0.2, 0) is 9.53 Å². The molecule has 1 N–H and O–H groups in total. The third-order valence-electron chi connectivity index (χ3n) is 6.75. The van der Waals surface area contributed by atoms with Crippen LogP contribution in [0.5, 0.6) is 0 Å². The monoisotopic (exact) mass is 588 g/mol. The number of benzene rings is 2. The number of carbonyl (C=O) groups excluding carboxylic acids is 1. The van der Waals surface area contributed by atoms with Crippen molar-refractivity contribution in [1.29, 1.82) is 0 Å². The van der Waals surface area contributed by atoms with E-state index in [2.05, 4.69) is 4.99 Å². The van der Waals surface area contributed by atoms with E-state index in [-0.39, 0.29) is 17.2 Å². The second-order valence-electron chi connectivity index (χ2n) is 9.79. The summed E-state index contributed by atoms with van der Waals surface area (Å²) in [5, 5.41) is 9.48. The summed E-state index contributed by atoms with van der Waals surface area (Å²) in [4.78, 5) is 44.9. The molecule has 0 fully saturated rings. The highest BCUT2D eigenvalue weighted by molar-refractivity contribution is 7.98. The number of allylic oxidation sites excluding steroid dienone is 1. The van der Waals surface area contributed by atoms with Gasteiger partial charge in [-0.15, -0.1) is 11.8 Å². The molecule has 0 saturated carbocycles. The third-order valence-corrected chi connectivity index (χ3v) is 8.47. The zero-order chi connectivity index (χ0) is 29.4. The van der Waals surface area contributed by atoms with Crippen molar-refractivity contribution in [2.45, 2.75) is 44.7 Å². The van der Waals surface area contributed by atoms with Crippen LogP contribution in [0.15, 0.2) is 85.0 Å². The highest BCUT2D eigenvalue weighted by atomic mass is 32.2. The van der Waals surface area contributed by atoms with Crippen molar-refractivity contribution < 1.29 is 23.8 Å². The summed E-state index contributed by atoms with van der Waals surface area (Å²) in [5.41, 5.74) is 2.72. The number of fused-ring (bicyclic) bond motifs is 1. The maximum Gasteiger partial charge on any atom is 0.338 e. The first-order valence-corrected chi connectivity index (χ1v) is 14.9. The minimum absolute atomic E-state index is 0.196. The predicted molar refractivity (Wildman–Crippen MR) is 159 cm³/mol. The maximum absolute atomic E-state index is 13.9. The molecule has 0 amide bonds. The summed E-state index contributed by atoms with van der Waals surface area (Å²) < 4.78 is 13.5. The molecule has 10 heteroatoms. The fourth-order valence-corrected chi connectivity index (χ4v) is 6.24. The molecule has 210 valence electrons. The normalized spacial score (nSPS) is 15.2. The molecule has 5 rings (SSSR count). The number of nitrogens with zero attached hydrogens (tertiary/aromatic N) is 2. The van der Waals surface area contributed by atoms with Gasteiger partial charge in [-0.3, -0.25) is 9.36 Å². The largest absolute Gasteiger partial charge is 0.478 e. The zero-order valence-corrected chi connectivity index (χ0v) is 24.8. The minimum Gasteiger partial charge on any atom is -0.478 e. The molecule has 0 radical (unpaired) electrons. The van der Waals surface area contributed by atoms with Crippen molar-refractivity contribution >= 4 is 41.1 Å².